The molecule has 172 valence electrons. The van der Waals surface area contributed by atoms with Crippen molar-refractivity contribution in [2.24, 2.45) is 0 Å². The van der Waals surface area contributed by atoms with Crippen LogP contribution in [0.15, 0.2) is 93.6 Å². The summed E-state index contributed by atoms with van der Waals surface area (Å²) in [5.41, 5.74) is 3.20. The van der Waals surface area contributed by atoms with E-state index < -0.39 is 0 Å². The Labute approximate surface area is 214 Å². The number of urea groups is 1. The second-order valence-corrected chi connectivity index (χ2v) is 10.5. The molecule has 0 saturated heterocycles. The molecule has 1 atom stereocenters. The molecular weight excluding hydrogens is 532 g/mol. The molecule has 1 unspecified atom stereocenters. The molecule has 0 aliphatic rings. The van der Waals surface area contributed by atoms with Crippen LogP contribution < -0.4 is 16.0 Å². The maximum Gasteiger partial charge on any atom is 0.323 e. The van der Waals surface area contributed by atoms with Gasteiger partial charge in [-0.3, -0.25) is 4.79 Å². The summed E-state index contributed by atoms with van der Waals surface area (Å²) in [6, 6.07) is 24.2. The third-order valence-electron chi connectivity index (χ3n) is 4.70. The average Bonchev–Trinajstić information content (AvgIpc) is 3.30. The summed E-state index contributed by atoms with van der Waals surface area (Å²) in [5, 5.41) is 10.6. The number of rotatable bonds is 7. The first-order valence-corrected chi connectivity index (χ1v) is 12.9. The van der Waals surface area contributed by atoms with Gasteiger partial charge >= 0.3 is 6.03 Å². The van der Waals surface area contributed by atoms with Crippen LogP contribution in [0.2, 0.25) is 0 Å². The molecule has 0 bridgehead atoms. The number of nitrogens with one attached hydrogen (secondary N) is 3. The Hall–Kier alpha value is -3.14. The van der Waals surface area contributed by atoms with Gasteiger partial charge in [-0.25, -0.2) is 9.78 Å². The van der Waals surface area contributed by atoms with Crippen LogP contribution in [0, 0.1) is 0 Å². The maximum absolute atomic E-state index is 12.7. The number of thioether (sulfide) groups is 1. The van der Waals surface area contributed by atoms with Crippen LogP contribution in [0.3, 0.4) is 0 Å². The first-order valence-electron chi connectivity index (χ1n) is 10.4. The van der Waals surface area contributed by atoms with E-state index in [4.69, 9.17) is 0 Å². The summed E-state index contributed by atoms with van der Waals surface area (Å²) in [4.78, 5) is 30.2. The van der Waals surface area contributed by atoms with Gasteiger partial charge in [-0.15, -0.1) is 23.1 Å². The van der Waals surface area contributed by atoms with E-state index in [2.05, 4.69) is 36.9 Å². The molecule has 0 aliphatic heterocycles. The Morgan fingerprint density at radius 2 is 1.53 bits per heavy atom. The molecule has 4 aromatic rings. The van der Waals surface area contributed by atoms with Gasteiger partial charge in [-0.2, -0.15) is 0 Å². The summed E-state index contributed by atoms with van der Waals surface area (Å²) < 4.78 is 1.00. The molecule has 34 heavy (non-hydrogen) atoms. The molecule has 9 heteroatoms. The molecule has 0 saturated carbocycles. The minimum absolute atomic E-state index is 0.119. The number of aromatic nitrogens is 1. The van der Waals surface area contributed by atoms with E-state index in [9.17, 15) is 9.59 Å². The number of para-hydroxylation sites is 1. The lowest BCUT2D eigenvalue weighted by Gasteiger charge is -2.11. The monoisotopic (exact) mass is 552 g/mol. The highest BCUT2D eigenvalue weighted by atomic mass is 79.9. The Bertz CT molecular complexity index is 1260. The van der Waals surface area contributed by atoms with Gasteiger partial charge in [0.2, 0.25) is 5.91 Å². The second kappa shape index (κ2) is 11.3. The Kier molecular flexibility index (Phi) is 7.99. The van der Waals surface area contributed by atoms with Gasteiger partial charge in [0.15, 0.2) is 5.13 Å². The van der Waals surface area contributed by atoms with Crippen LogP contribution in [-0.4, -0.2) is 22.2 Å². The SMILES string of the molecule is CC(Sc1ccc(NC(=O)Nc2ccccc2)cc1)C(=O)Nc1nc(-c2ccc(Br)cc2)cs1. The smallest absolute Gasteiger partial charge is 0.308 e. The largest absolute Gasteiger partial charge is 0.323 e. The summed E-state index contributed by atoms with van der Waals surface area (Å²) in [6.45, 7) is 1.85. The van der Waals surface area contributed by atoms with Gasteiger partial charge in [0, 0.05) is 31.7 Å². The lowest BCUT2D eigenvalue weighted by Crippen LogP contribution is -2.22. The van der Waals surface area contributed by atoms with Gasteiger partial charge in [0.05, 0.1) is 10.9 Å². The number of carbonyl (C=O) groups is 2. The number of hydrogen-bond acceptors (Lipinski definition) is 5. The molecule has 4 rings (SSSR count). The van der Waals surface area contributed by atoms with Crippen LogP contribution in [0.1, 0.15) is 6.92 Å². The van der Waals surface area contributed by atoms with Crippen molar-refractivity contribution in [3.05, 3.63) is 88.7 Å². The van der Waals surface area contributed by atoms with Gasteiger partial charge < -0.3 is 16.0 Å². The van der Waals surface area contributed by atoms with Crippen LogP contribution in [0.4, 0.5) is 21.3 Å². The van der Waals surface area contributed by atoms with Crippen LogP contribution in [0.5, 0.6) is 0 Å². The molecule has 0 radical (unpaired) electrons. The molecule has 1 aromatic heterocycles. The standard InChI is InChI=1S/C25H21BrN4O2S2/c1-16(23(31)30-25-29-22(15-33-25)17-7-9-18(26)10-8-17)34-21-13-11-20(12-14-21)28-24(32)27-19-5-3-2-4-6-19/h2-16H,1H3,(H2,27,28,32)(H,29,30,31). The second-order valence-electron chi connectivity index (χ2n) is 7.26. The zero-order valence-electron chi connectivity index (χ0n) is 18.1. The number of amides is 3. The third kappa shape index (κ3) is 6.69. The molecule has 1 heterocycles. The molecule has 0 spiro atoms. The van der Waals surface area contributed by atoms with Crippen LogP contribution >= 0.6 is 39.0 Å². The lowest BCUT2D eigenvalue weighted by atomic mass is 10.2. The fraction of sp³-hybridized carbons (Fsp3) is 0.0800. The number of halogens is 1. The normalized spacial score (nSPS) is 11.5. The fourth-order valence-electron chi connectivity index (χ4n) is 2.98. The molecule has 3 aromatic carbocycles. The van der Waals surface area contributed by atoms with Crippen molar-refractivity contribution in [1.82, 2.24) is 4.98 Å². The van der Waals surface area contributed by atoms with Gasteiger partial charge in [-0.05, 0) is 55.5 Å². The molecular formula is C25H21BrN4O2S2. The molecule has 0 aliphatic carbocycles. The highest BCUT2D eigenvalue weighted by Crippen LogP contribution is 2.28. The van der Waals surface area contributed by atoms with E-state index in [-0.39, 0.29) is 17.2 Å². The number of thiazole rings is 1. The van der Waals surface area contributed by atoms with Gasteiger partial charge in [0.1, 0.15) is 0 Å². The van der Waals surface area contributed by atoms with Crippen molar-refractivity contribution in [2.45, 2.75) is 17.1 Å². The minimum atomic E-state index is -0.319. The van der Waals surface area contributed by atoms with Crippen molar-refractivity contribution in [3.63, 3.8) is 0 Å². The van der Waals surface area contributed by atoms with Crippen molar-refractivity contribution < 1.29 is 9.59 Å². The van der Waals surface area contributed by atoms with Crippen molar-refractivity contribution in [1.29, 1.82) is 0 Å². The Morgan fingerprint density at radius 1 is 0.882 bits per heavy atom. The minimum Gasteiger partial charge on any atom is -0.308 e. The van der Waals surface area contributed by atoms with Crippen molar-refractivity contribution in [2.75, 3.05) is 16.0 Å². The molecule has 0 fully saturated rings. The van der Waals surface area contributed by atoms with Crippen molar-refractivity contribution >= 4 is 67.5 Å². The Balaban J connectivity index is 1.28. The van der Waals surface area contributed by atoms with E-state index in [1.165, 1.54) is 23.1 Å². The topological polar surface area (TPSA) is 83.1 Å². The predicted octanol–water partition coefficient (Wildman–Crippen LogP) is 7.34. The van der Waals surface area contributed by atoms with Crippen LogP contribution in [0.25, 0.3) is 11.3 Å². The number of nitrogens with zero attached hydrogens (tertiary/aromatic N) is 1. The van der Waals surface area contributed by atoms with Crippen LogP contribution in [-0.2, 0) is 4.79 Å². The molecule has 3 N–H and O–H groups in total. The predicted molar refractivity (Wildman–Crippen MR) is 145 cm³/mol. The van der Waals surface area contributed by atoms with E-state index in [1.54, 1.807) is 0 Å². The van der Waals surface area contributed by atoms with E-state index in [0.717, 1.165) is 26.3 Å². The molecule has 3 amide bonds. The van der Waals surface area contributed by atoms with Crippen molar-refractivity contribution in [3.8, 4) is 11.3 Å². The van der Waals surface area contributed by atoms with E-state index in [1.807, 2.05) is 91.2 Å². The number of hydrogen-bond donors (Lipinski definition) is 3. The number of carbonyl (C=O) groups excluding carboxylic acids is 2. The number of benzene rings is 3. The average molecular weight is 554 g/mol. The zero-order valence-corrected chi connectivity index (χ0v) is 21.3. The summed E-state index contributed by atoms with van der Waals surface area (Å²) in [6.07, 6.45) is 0. The maximum atomic E-state index is 12.7. The quantitative estimate of drug-likeness (QED) is 0.209. The lowest BCUT2D eigenvalue weighted by molar-refractivity contribution is -0.115. The fourth-order valence-corrected chi connectivity index (χ4v) is 4.84. The van der Waals surface area contributed by atoms with E-state index in [0.29, 0.717) is 10.8 Å². The first kappa shape index (κ1) is 24.0. The highest BCUT2D eigenvalue weighted by Gasteiger charge is 2.16. The van der Waals surface area contributed by atoms with Gasteiger partial charge in [0.25, 0.3) is 0 Å². The number of anilines is 3. The zero-order chi connectivity index (χ0) is 23.9. The summed E-state index contributed by atoms with van der Waals surface area (Å²) >= 11 is 6.26. The Morgan fingerprint density at radius 3 is 2.21 bits per heavy atom. The van der Waals surface area contributed by atoms with E-state index >= 15 is 0 Å². The highest BCUT2D eigenvalue weighted by molar-refractivity contribution is 9.10. The summed E-state index contributed by atoms with van der Waals surface area (Å²) in [5.74, 6) is -0.119. The summed E-state index contributed by atoms with van der Waals surface area (Å²) in [7, 11) is 0. The molecule has 6 nitrogen and oxygen atoms in total. The third-order valence-corrected chi connectivity index (χ3v) is 7.10. The first-order chi connectivity index (χ1) is 16.5. The van der Waals surface area contributed by atoms with Gasteiger partial charge in [-0.1, -0.05) is 46.3 Å².